The van der Waals surface area contributed by atoms with Crippen LogP contribution < -0.4 is 10.6 Å². The molecule has 0 atom stereocenters. The summed E-state index contributed by atoms with van der Waals surface area (Å²) in [5.74, 6) is -0.728. The molecule has 1 fully saturated rings. The number of nitrogens with two attached hydrogens (primary N) is 1. The Kier molecular flexibility index (Phi) is 4.24. The second kappa shape index (κ2) is 5.74. The van der Waals surface area contributed by atoms with Gasteiger partial charge in [-0.05, 0) is 45.0 Å². The predicted octanol–water partition coefficient (Wildman–Crippen LogP) is 2.33. The SMILES string of the molecule is CN1CCC(CN(C)c2cc(F)cc(F)c2N)CC1. The normalized spacial score (nSPS) is 17.7. The maximum Gasteiger partial charge on any atom is 0.151 e. The number of likely N-dealkylation sites (tertiary alicyclic amines) is 1. The first-order valence-corrected chi connectivity index (χ1v) is 6.61. The lowest BCUT2D eigenvalue weighted by Crippen LogP contribution is -2.36. The quantitative estimate of drug-likeness (QED) is 0.855. The molecule has 1 aliphatic rings. The van der Waals surface area contributed by atoms with Crippen molar-refractivity contribution in [3.05, 3.63) is 23.8 Å². The molecular weight excluding hydrogens is 248 g/mol. The van der Waals surface area contributed by atoms with Gasteiger partial charge in [-0.1, -0.05) is 0 Å². The van der Waals surface area contributed by atoms with Crippen molar-refractivity contribution in [2.45, 2.75) is 12.8 Å². The maximum absolute atomic E-state index is 13.4. The van der Waals surface area contributed by atoms with E-state index < -0.39 is 11.6 Å². The third-order valence-electron chi connectivity index (χ3n) is 3.85. The van der Waals surface area contributed by atoms with Crippen molar-refractivity contribution >= 4 is 11.4 Å². The molecule has 0 bridgehead atoms. The molecule has 106 valence electrons. The Balaban J connectivity index is 2.05. The minimum Gasteiger partial charge on any atom is -0.395 e. The van der Waals surface area contributed by atoms with Gasteiger partial charge in [0, 0.05) is 19.7 Å². The van der Waals surface area contributed by atoms with Gasteiger partial charge in [0.05, 0.1) is 11.4 Å². The van der Waals surface area contributed by atoms with E-state index in [2.05, 4.69) is 11.9 Å². The Labute approximate surface area is 113 Å². The molecule has 3 nitrogen and oxygen atoms in total. The number of piperidine rings is 1. The molecule has 0 aliphatic carbocycles. The van der Waals surface area contributed by atoms with E-state index in [9.17, 15) is 8.78 Å². The van der Waals surface area contributed by atoms with E-state index in [1.165, 1.54) is 6.07 Å². The van der Waals surface area contributed by atoms with Crippen LogP contribution in [0.1, 0.15) is 12.8 Å². The van der Waals surface area contributed by atoms with Crippen molar-refractivity contribution in [3.63, 3.8) is 0 Å². The summed E-state index contributed by atoms with van der Waals surface area (Å²) in [7, 11) is 3.95. The summed E-state index contributed by atoms with van der Waals surface area (Å²) in [6.45, 7) is 2.93. The summed E-state index contributed by atoms with van der Waals surface area (Å²) in [5.41, 5.74) is 6.15. The Morgan fingerprint density at radius 1 is 1.32 bits per heavy atom. The van der Waals surface area contributed by atoms with E-state index in [4.69, 9.17) is 5.73 Å². The fourth-order valence-electron chi connectivity index (χ4n) is 2.62. The van der Waals surface area contributed by atoms with Crippen molar-refractivity contribution in [3.8, 4) is 0 Å². The number of hydrogen-bond acceptors (Lipinski definition) is 3. The fourth-order valence-corrected chi connectivity index (χ4v) is 2.62. The summed E-state index contributed by atoms with van der Waals surface area (Å²) in [6, 6.07) is 2.12. The van der Waals surface area contributed by atoms with E-state index in [1.807, 2.05) is 11.9 Å². The van der Waals surface area contributed by atoms with Crippen LogP contribution in [0.3, 0.4) is 0 Å². The van der Waals surface area contributed by atoms with Gasteiger partial charge in [0.2, 0.25) is 0 Å². The van der Waals surface area contributed by atoms with Crippen LogP contribution >= 0.6 is 0 Å². The zero-order chi connectivity index (χ0) is 14.0. The highest BCUT2D eigenvalue weighted by Crippen LogP contribution is 2.28. The molecule has 1 aromatic rings. The second-order valence-corrected chi connectivity index (χ2v) is 5.45. The zero-order valence-electron chi connectivity index (χ0n) is 11.5. The van der Waals surface area contributed by atoms with Gasteiger partial charge in [-0.15, -0.1) is 0 Å². The average Bonchev–Trinajstić information content (AvgIpc) is 2.36. The summed E-state index contributed by atoms with van der Waals surface area (Å²) >= 11 is 0. The lowest BCUT2D eigenvalue weighted by atomic mass is 9.96. The first-order valence-electron chi connectivity index (χ1n) is 6.61. The Bertz CT molecular complexity index is 443. The Hall–Kier alpha value is -1.36. The van der Waals surface area contributed by atoms with Gasteiger partial charge in [0.25, 0.3) is 0 Å². The van der Waals surface area contributed by atoms with Crippen molar-refractivity contribution in [1.29, 1.82) is 0 Å². The van der Waals surface area contributed by atoms with Crippen LogP contribution in [0.25, 0.3) is 0 Å². The number of anilines is 2. The van der Waals surface area contributed by atoms with Gasteiger partial charge in [-0.25, -0.2) is 8.78 Å². The van der Waals surface area contributed by atoms with Crippen molar-refractivity contribution in [1.82, 2.24) is 4.90 Å². The number of nitrogens with zero attached hydrogens (tertiary/aromatic N) is 2. The van der Waals surface area contributed by atoms with Gasteiger partial charge >= 0.3 is 0 Å². The van der Waals surface area contributed by atoms with Crippen LogP contribution in [-0.4, -0.2) is 38.6 Å². The molecule has 19 heavy (non-hydrogen) atoms. The second-order valence-electron chi connectivity index (χ2n) is 5.45. The Morgan fingerprint density at radius 3 is 2.58 bits per heavy atom. The number of halogens is 2. The van der Waals surface area contributed by atoms with Crippen LogP contribution in [0.5, 0.6) is 0 Å². The molecule has 0 amide bonds. The molecule has 2 N–H and O–H groups in total. The molecule has 2 rings (SSSR count). The van der Waals surface area contributed by atoms with Crippen molar-refractivity contribution in [2.24, 2.45) is 5.92 Å². The first kappa shape index (κ1) is 14.1. The van der Waals surface area contributed by atoms with Gasteiger partial charge in [0.15, 0.2) is 5.82 Å². The molecular formula is C14H21F2N3. The molecule has 0 aromatic heterocycles. The minimum atomic E-state index is -0.690. The number of rotatable bonds is 3. The lowest BCUT2D eigenvalue weighted by molar-refractivity contribution is 0.222. The van der Waals surface area contributed by atoms with Crippen molar-refractivity contribution in [2.75, 3.05) is 44.4 Å². The predicted molar refractivity (Wildman–Crippen MR) is 74.3 cm³/mol. The fraction of sp³-hybridized carbons (Fsp3) is 0.571. The maximum atomic E-state index is 13.4. The molecule has 0 saturated carbocycles. The van der Waals surface area contributed by atoms with Gasteiger partial charge in [0.1, 0.15) is 5.82 Å². The Morgan fingerprint density at radius 2 is 1.95 bits per heavy atom. The van der Waals surface area contributed by atoms with Crippen LogP contribution in [0, 0.1) is 17.6 Å². The van der Waals surface area contributed by atoms with Gasteiger partial charge < -0.3 is 15.5 Å². The molecule has 1 heterocycles. The number of hydrogen-bond donors (Lipinski definition) is 1. The molecule has 1 aliphatic heterocycles. The van der Waals surface area contributed by atoms with Crippen LogP contribution in [0.4, 0.5) is 20.2 Å². The topological polar surface area (TPSA) is 32.5 Å². The van der Waals surface area contributed by atoms with E-state index in [-0.39, 0.29) is 5.69 Å². The highest BCUT2D eigenvalue weighted by molar-refractivity contribution is 5.67. The van der Waals surface area contributed by atoms with E-state index in [0.29, 0.717) is 11.6 Å². The average molecular weight is 269 g/mol. The smallest absolute Gasteiger partial charge is 0.151 e. The number of benzene rings is 1. The molecule has 0 radical (unpaired) electrons. The molecule has 0 spiro atoms. The van der Waals surface area contributed by atoms with E-state index in [0.717, 1.165) is 38.5 Å². The largest absolute Gasteiger partial charge is 0.395 e. The molecule has 1 aromatic carbocycles. The summed E-state index contributed by atoms with van der Waals surface area (Å²) in [6.07, 6.45) is 2.22. The third-order valence-corrected chi connectivity index (χ3v) is 3.85. The number of nitrogen functional groups attached to an aromatic ring is 1. The highest BCUT2D eigenvalue weighted by Gasteiger charge is 2.20. The first-order chi connectivity index (χ1) is 8.97. The molecule has 1 saturated heterocycles. The zero-order valence-corrected chi connectivity index (χ0v) is 11.5. The van der Waals surface area contributed by atoms with Crippen LogP contribution in [-0.2, 0) is 0 Å². The monoisotopic (exact) mass is 269 g/mol. The van der Waals surface area contributed by atoms with E-state index >= 15 is 0 Å². The van der Waals surface area contributed by atoms with E-state index in [1.54, 1.807) is 0 Å². The highest BCUT2D eigenvalue weighted by atomic mass is 19.1. The minimum absolute atomic E-state index is 0.0248. The van der Waals surface area contributed by atoms with Gasteiger partial charge in [-0.2, -0.15) is 0 Å². The standard InChI is InChI=1S/C14H21F2N3/c1-18-5-3-10(4-6-18)9-19(2)13-8-11(15)7-12(16)14(13)17/h7-8,10H,3-6,9,17H2,1-2H3. The third kappa shape index (κ3) is 3.35. The summed E-state index contributed by atoms with van der Waals surface area (Å²) < 4.78 is 26.7. The van der Waals surface area contributed by atoms with Gasteiger partial charge in [-0.3, -0.25) is 0 Å². The summed E-state index contributed by atoms with van der Waals surface area (Å²) in [4.78, 5) is 4.16. The lowest BCUT2D eigenvalue weighted by Gasteiger charge is -2.32. The molecule has 5 heteroatoms. The van der Waals surface area contributed by atoms with Crippen molar-refractivity contribution < 1.29 is 8.78 Å². The van der Waals surface area contributed by atoms with Crippen LogP contribution in [0.15, 0.2) is 12.1 Å². The summed E-state index contributed by atoms with van der Waals surface area (Å²) in [5, 5.41) is 0. The van der Waals surface area contributed by atoms with Crippen LogP contribution in [0.2, 0.25) is 0 Å². The molecule has 0 unspecified atom stereocenters.